The summed E-state index contributed by atoms with van der Waals surface area (Å²) >= 11 is 0. The Morgan fingerprint density at radius 1 is 1.29 bits per heavy atom. The number of hydrogen-bond acceptors (Lipinski definition) is 1. The van der Waals surface area contributed by atoms with E-state index in [-0.39, 0.29) is 0 Å². The van der Waals surface area contributed by atoms with Gasteiger partial charge in [0, 0.05) is 6.04 Å². The smallest absolute Gasteiger partial charge is 0.0326 e. The minimum Gasteiger partial charge on any atom is -0.310 e. The molecule has 1 aliphatic rings. The molecular formula is C13H19N. The summed E-state index contributed by atoms with van der Waals surface area (Å²) in [5.41, 5.74) is 4.28. The fourth-order valence-electron chi connectivity index (χ4n) is 2.28. The quantitative estimate of drug-likeness (QED) is 0.716. The van der Waals surface area contributed by atoms with Gasteiger partial charge in [-0.1, -0.05) is 30.7 Å². The molecule has 1 saturated heterocycles. The molecule has 0 amide bonds. The molecule has 0 bridgehead atoms. The molecule has 14 heavy (non-hydrogen) atoms. The van der Waals surface area contributed by atoms with E-state index in [1.54, 1.807) is 0 Å². The van der Waals surface area contributed by atoms with Gasteiger partial charge < -0.3 is 5.32 Å². The zero-order valence-corrected chi connectivity index (χ0v) is 9.30. The lowest BCUT2D eigenvalue weighted by atomic mass is 9.96. The van der Waals surface area contributed by atoms with Crippen molar-refractivity contribution in [1.82, 2.24) is 5.32 Å². The number of nitrogens with one attached hydrogen (secondary N) is 1. The molecule has 76 valence electrons. The van der Waals surface area contributed by atoms with Crippen LogP contribution in [0.15, 0.2) is 18.2 Å². The fraction of sp³-hybridized carbons (Fsp3) is 0.538. The van der Waals surface area contributed by atoms with Crippen molar-refractivity contribution in [1.29, 1.82) is 0 Å². The number of benzene rings is 1. The summed E-state index contributed by atoms with van der Waals surface area (Å²) in [6, 6.07) is 7.34. The predicted octanol–water partition coefficient (Wildman–Crippen LogP) is 2.97. The zero-order valence-electron chi connectivity index (χ0n) is 9.30. The molecule has 1 heterocycles. The van der Waals surface area contributed by atoms with E-state index >= 15 is 0 Å². The maximum absolute atomic E-state index is 3.59. The third kappa shape index (κ3) is 1.83. The number of aryl methyl sites for hydroxylation is 2. The molecule has 1 heteroatoms. The molecule has 0 aliphatic carbocycles. The molecule has 0 spiro atoms. The van der Waals surface area contributed by atoms with Gasteiger partial charge in [0.25, 0.3) is 0 Å². The highest BCUT2D eigenvalue weighted by Crippen LogP contribution is 2.29. The Morgan fingerprint density at radius 3 is 2.71 bits per heavy atom. The third-order valence-electron chi connectivity index (χ3n) is 3.16. The van der Waals surface area contributed by atoms with Crippen molar-refractivity contribution in [2.24, 2.45) is 5.92 Å². The Kier molecular flexibility index (Phi) is 2.60. The van der Waals surface area contributed by atoms with Crippen LogP contribution in [0.3, 0.4) is 0 Å². The van der Waals surface area contributed by atoms with Crippen molar-refractivity contribution < 1.29 is 0 Å². The molecule has 1 aromatic rings. The second kappa shape index (κ2) is 3.74. The van der Waals surface area contributed by atoms with Crippen molar-refractivity contribution in [2.45, 2.75) is 33.2 Å². The van der Waals surface area contributed by atoms with Gasteiger partial charge in [0.1, 0.15) is 0 Å². The first-order valence-corrected chi connectivity index (χ1v) is 5.47. The maximum Gasteiger partial charge on any atom is 0.0326 e. The molecule has 0 saturated carbocycles. The average molecular weight is 189 g/mol. The summed E-state index contributed by atoms with van der Waals surface area (Å²) in [7, 11) is 0. The Labute approximate surface area is 86.5 Å². The lowest BCUT2D eigenvalue weighted by Gasteiger charge is -2.14. The van der Waals surface area contributed by atoms with Gasteiger partial charge in [0.15, 0.2) is 0 Å². The highest BCUT2D eigenvalue weighted by atomic mass is 14.9. The van der Waals surface area contributed by atoms with Crippen LogP contribution in [-0.2, 0) is 0 Å². The van der Waals surface area contributed by atoms with Gasteiger partial charge in [-0.3, -0.25) is 0 Å². The van der Waals surface area contributed by atoms with Gasteiger partial charge in [-0.15, -0.1) is 0 Å². The molecule has 1 aliphatic heterocycles. The molecular weight excluding hydrogens is 170 g/mol. The SMILES string of the molecule is Cc1ccc(C)c([C@@H]2C[C@@H](C)CN2)c1. The molecule has 0 radical (unpaired) electrons. The van der Waals surface area contributed by atoms with Gasteiger partial charge >= 0.3 is 0 Å². The van der Waals surface area contributed by atoms with E-state index in [0.717, 1.165) is 12.5 Å². The third-order valence-corrected chi connectivity index (χ3v) is 3.16. The van der Waals surface area contributed by atoms with E-state index < -0.39 is 0 Å². The second-order valence-corrected chi connectivity index (χ2v) is 4.66. The van der Waals surface area contributed by atoms with Crippen LogP contribution in [0.1, 0.15) is 36.1 Å². The van der Waals surface area contributed by atoms with Gasteiger partial charge in [-0.2, -0.15) is 0 Å². The van der Waals surface area contributed by atoms with Crippen LogP contribution >= 0.6 is 0 Å². The molecule has 1 nitrogen and oxygen atoms in total. The summed E-state index contributed by atoms with van der Waals surface area (Å²) < 4.78 is 0. The van der Waals surface area contributed by atoms with Crippen LogP contribution in [0.25, 0.3) is 0 Å². The number of hydrogen-bond donors (Lipinski definition) is 1. The highest BCUT2D eigenvalue weighted by molar-refractivity contribution is 5.33. The van der Waals surface area contributed by atoms with Crippen molar-refractivity contribution in [3.8, 4) is 0 Å². The summed E-state index contributed by atoms with van der Waals surface area (Å²) in [6.07, 6.45) is 1.28. The summed E-state index contributed by atoms with van der Waals surface area (Å²) in [4.78, 5) is 0. The number of rotatable bonds is 1. The predicted molar refractivity (Wildman–Crippen MR) is 60.4 cm³/mol. The first kappa shape index (κ1) is 9.72. The topological polar surface area (TPSA) is 12.0 Å². The Bertz CT molecular complexity index is 330. The van der Waals surface area contributed by atoms with E-state index in [4.69, 9.17) is 0 Å². The van der Waals surface area contributed by atoms with Crippen LogP contribution in [0.4, 0.5) is 0 Å². The van der Waals surface area contributed by atoms with Crippen LogP contribution in [-0.4, -0.2) is 6.54 Å². The van der Waals surface area contributed by atoms with Crippen molar-refractivity contribution >= 4 is 0 Å². The van der Waals surface area contributed by atoms with Crippen molar-refractivity contribution in [2.75, 3.05) is 6.54 Å². The van der Waals surface area contributed by atoms with Crippen LogP contribution in [0.2, 0.25) is 0 Å². The summed E-state index contributed by atoms with van der Waals surface area (Å²) in [6.45, 7) is 7.86. The molecule has 1 fully saturated rings. The highest BCUT2D eigenvalue weighted by Gasteiger charge is 2.22. The van der Waals surface area contributed by atoms with E-state index in [2.05, 4.69) is 44.3 Å². The lowest BCUT2D eigenvalue weighted by molar-refractivity contribution is 0.609. The first-order valence-electron chi connectivity index (χ1n) is 5.47. The second-order valence-electron chi connectivity index (χ2n) is 4.66. The van der Waals surface area contributed by atoms with Gasteiger partial charge in [-0.05, 0) is 43.9 Å². The Morgan fingerprint density at radius 2 is 2.07 bits per heavy atom. The fourth-order valence-corrected chi connectivity index (χ4v) is 2.28. The zero-order chi connectivity index (χ0) is 10.1. The van der Waals surface area contributed by atoms with Gasteiger partial charge in [0.05, 0.1) is 0 Å². The summed E-state index contributed by atoms with van der Waals surface area (Å²) in [5.74, 6) is 0.819. The minimum atomic E-state index is 0.588. The van der Waals surface area contributed by atoms with Gasteiger partial charge in [0.2, 0.25) is 0 Å². The molecule has 1 N–H and O–H groups in total. The normalized spacial score (nSPS) is 26.8. The van der Waals surface area contributed by atoms with Crippen molar-refractivity contribution in [3.63, 3.8) is 0 Å². The largest absolute Gasteiger partial charge is 0.310 e. The molecule has 2 atom stereocenters. The molecule has 0 aromatic heterocycles. The summed E-state index contributed by atoms with van der Waals surface area (Å²) in [5, 5.41) is 3.59. The van der Waals surface area contributed by atoms with E-state index in [9.17, 15) is 0 Å². The molecule has 0 unspecified atom stereocenters. The van der Waals surface area contributed by atoms with E-state index in [1.165, 1.54) is 23.1 Å². The average Bonchev–Trinajstić information content (AvgIpc) is 2.56. The molecule has 1 aromatic carbocycles. The maximum atomic E-state index is 3.59. The minimum absolute atomic E-state index is 0.588. The van der Waals surface area contributed by atoms with Crippen molar-refractivity contribution in [3.05, 3.63) is 34.9 Å². The lowest BCUT2D eigenvalue weighted by Crippen LogP contribution is -2.14. The Hall–Kier alpha value is -0.820. The first-order chi connectivity index (χ1) is 6.66. The Balaban J connectivity index is 2.27. The van der Waals surface area contributed by atoms with E-state index in [1.807, 2.05) is 0 Å². The van der Waals surface area contributed by atoms with E-state index in [0.29, 0.717) is 6.04 Å². The standard InChI is InChI=1S/C13H19N/c1-9-4-5-11(3)12(6-9)13-7-10(2)8-14-13/h4-6,10,13-14H,7-8H2,1-3H3/t10-,13+/m1/s1. The molecule has 2 rings (SSSR count). The monoisotopic (exact) mass is 189 g/mol. The van der Waals surface area contributed by atoms with Crippen LogP contribution < -0.4 is 5.32 Å². The van der Waals surface area contributed by atoms with Crippen LogP contribution in [0.5, 0.6) is 0 Å². The van der Waals surface area contributed by atoms with Crippen LogP contribution in [0, 0.1) is 19.8 Å². The van der Waals surface area contributed by atoms with Gasteiger partial charge in [-0.25, -0.2) is 0 Å².